The Morgan fingerprint density at radius 3 is 2.36 bits per heavy atom. The number of carbonyl (C=O) groups excluding carboxylic acids is 3. The number of rotatable bonds is 8. The number of nitro benzene ring substituents is 1. The van der Waals surface area contributed by atoms with Crippen LogP contribution >= 0.6 is 0 Å². The molecule has 0 aliphatic carbocycles. The number of hydrogen-bond acceptors (Lipinski definition) is 6. The Hall–Kier alpha value is -4.21. The van der Waals surface area contributed by atoms with Gasteiger partial charge >= 0.3 is 11.9 Å². The number of benzene rings is 2. The number of urea groups is 1. The minimum absolute atomic E-state index is 0.00454. The van der Waals surface area contributed by atoms with Crippen LogP contribution in [0.25, 0.3) is 0 Å². The SMILES string of the molecule is CCCN1C(=O)C(=NC(=O)Cc2ccccc2)C(N)=[N+](CCc2ccc([N+](=O)[O-])cc2)C1=O. The van der Waals surface area contributed by atoms with Crippen molar-refractivity contribution in [1.82, 2.24) is 4.90 Å². The standard InChI is InChI=1S/C23H23N5O5/c1-2-13-27-22(30)20(25-19(29)15-17-6-4-3-5-7-17)21(24)26(23(27)31)14-12-16-8-10-18(11-9-16)28(32)33/h3-11,24H,2,12-15H2,1H3/p+1. The highest BCUT2D eigenvalue weighted by molar-refractivity contribution is 6.67. The number of nitrogens with two attached hydrogens (primary N) is 1. The summed E-state index contributed by atoms with van der Waals surface area (Å²) in [6, 6.07) is 14.3. The molecule has 0 fully saturated rings. The van der Waals surface area contributed by atoms with Gasteiger partial charge in [0.2, 0.25) is 5.71 Å². The van der Waals surface area contributed by atoms with Gasteiger partial charge < -0.3 is 5.73 Å². The Morgan fingerprint density at radius 1 is 1.09 bits per heavy atom. The monoisotopic (exact) mass is 450 g/mol. The van der Waals surface area contributed by atoms with E-state index in [1.165, 1.54) is 16.7 Å². The lowest BCUT2D eigenvalue weighted by molar-refractivity contribution is -0.435. The lowest BCUT2D eigenvalue weighted by Gasteiger charge is -2.23. The van der Waals surface area contributed by atoms with Gasteiger partial charge in [-0.2, -0.15) is 14.5 Å². The van der Waals surface area contributed by atoms with Gasteiger partial charge in [0.1, 0.15) is 0 Å². The minimum atomic E-state index is -0.702. The third kappa shape index (κ3) is 5.53. The third-order valence-corrected chi connectivity index (χ3v) is 5.10. The van der Waals surface area contributed by atoms with Crippen LogP contribution in [0.1, 0.15) is 24.5 Å². The lowest BCUT2D eigenvalue weighted by Crippen LogP contribution is -2.58. The maximum Gasteiger partial charge on any atom is 0.446 e. The number of aliphatic imine (C=N–C) groups is 1. The molecule has 33 heavy (non-hydrogen) atoms. The number of hydrogen-bond donors (Lipinski definition) is 1. The van der Waals surface area contributed by atoms with E-state index in [-0.39, 0.29) is 36.7 Å². The molecular weight excluding hydrogens is 426 g/mol. The van der Waals surface area contributed by atoms with Gasteiger partial charge in [-0.3, -0.25) is 14.9 Å². The van der Waals surface area contributed by atoms with E-state index in [1.54, 1.807) is 36.4 Å². The van der Waals surface area contributed by atoms with Crippen LogP contribution in [-0.4, -0.2) is 56.9 Å². The number of imide groups is 1. The second kappa shape index (κ2) is 10.4. The second-order valence-corrected chi connectivity index (χ2v) is 7.47. The highest BCUT2D eigenvalue weighted by Gasteiger charge is 2.43. The summed E-state index contributed by atoms with van der Waals surface area (Å²) >= 11 is 0. The second-order valence-electron chi connectivity index (χ2n) is 7.47. The molecular formula is C23H24N5O5+. The fourth-order valence-electron chi connectivity index (χ4n) is 3.40. The fraction of sp³-hybridized carbons (Fsp3) is 0.261. The molecule has 2 aromatic rings. The van der Waals surface area contributed by atoms with E-state index in [0.29, 0.717) is 12.8 Å². The number of nitro groups is 1. The first kappa shape index (κ1) is 23.5. The number of carbonyl (C=O) groups is 3. The topological polar surface area (TPSA) is 139 Å². The van der Waals surface area contributed by atoms with Gasteiger partial charge in [0.25, 0.3) is 17.4 Å². The molecule has 2 aromatic carbocycles. The third-order valence-electron chi connectivity index (χ3n) is 5.10. The molecule has 170 valence electrons. The largest absolute Gasteiger partial charge is 0.446 e. The smallest absolute Gasteiger partial charge is 0.316 e. The zero-order valence-electron chi connectivity index (χ0n) is 18.1. The van der Waals surface area contributed by atoms with E-state index in [0.717, 1.165) is 16.0 Å². The molecule has 0 atom stereocenters. The highest BCUT2D eigenvalue weighted by atomic mass is 16.6. The van der Waals surface area contributed by atoms with Gasteiger partial charge in [-0.15, -0.1) is 0 Å². The predicted octanol–water partition coefficient (Wildman–Crippen LogP) is 2.09. The normalized spacial score (nSPS) is 15.3. The number of amides is 4. The van der Waals surface area contributed by atoms with Gasteiger partial charge in [-0.05, 0) is 17.5 Å². The fourth-order valence-corrected chi connectivity index (χ4v) is 3.40. The van der Waals surface area contributed by atoms with Crippen molar-refractivity contribution in [3.8, 4) is 0 Å². The van der Waals surface area contributed by atoms with Crippen LogP contribution in [0.2, 0.25) is 0 Å². The lowest BCUT2D eigenvalue weighted by atomic mass is 10.1. The van der Waals surface area contributed by atoms with Crippen LogP contribution in [-0.2, 0) is 22.4 Å². The van der Waals surface area contributed by atoms with Crippen molar-refractivity contribution in [3.63, 3.8) is 0 Å². The molecule has 0 bridgehead atoms. The zero-order valence-corrected chi connectivity index (χ0v) is 18.1. The van der Waals surface area contributed by atoms with Gasteiger partial charge in [-0.25, -0.2) is 9.59 Å². The summed E-state index contributed by atoms with van der Waals surface area (Å²) in [5, 5.41) is 10.8. The van der Waals surface area contributed by atoms with E-state index in [1.807, 2.05) is 13.0 Å². The molecule has 10 nitrogen and oxygen atoms in total. The van der Waals surface area contributed by atoms with Crippen LogP contribution in [0.4, 0.5) is 10.5 Å². The molecule has 1 aliphatic rings. The van der Waals surface area contributed by atoms with Gasteiger partial charge in [0.15, 0.2) is 0 Å². The predicted molar refractivity (Wildman–Crippen MR) is 121 cm³/mol. The Labute approximate surface area is 190 Å². The highest BCUT2D eigenvalue weighted by Crippen LogP contribution is 2.13. The number of amidine groups is 1. The Morgan fingerprint density at radius 2 is 1.76 bits per heavy atom. The molecule has 2 N–H and O–H groups in total. The molecule has 4 amide bonds. The molecule has 0 spiro atoms. The average molecular weight is 450 g/mol. The molecule has 0 saturated carbocycles. The summed E-state index contributed by atoms with van der Waals surface area (Å²) in [5.74, 6) is -1.43. The summed E-state index contributed by atoms with van der Waals surface area (Å²) < 4.78 is 1.22. The molecule has 3 rings (SSSR count). The molecule has 1 heterocycles. The summed E-state index contributed by atoms with van der Waals surface area (Å²) in [5.41, 5.74) is 7.33. The summed E-state index contributed by atoms with van der Waals surface area (Å²) in [6.45, 7) is 2.09. The van der Waals surface area contributed by atoms with E-state index < -0.39 is 22.8 Å². The maximum absolute atomic E-state index is 12.9. The Kier molecular flexibility index (Phi) is 7.39. The minimum Gasteiger partial charge on any atom is -0.316 e. The quantitative estimate of drug-likeness (QED) is 0.371. The molecule has 0 saturated heterocycles. The average Bonchev–Trinajstić information content (AvgIpc) is 2.80. The Bertz CT molecular complexity index is 1140. The number of non-ortho nitro benzene ring substituents is 1. The molecule has 0 radical (unpaired) electrons. The molecule has 0 unspecified atom stereocenters. The number of nitrogens with zero attached hydrogens (tertiary/aromatic N) is 4. The van der Waals surface area contributed by atoms with Gasteiger partial charge in [-0.1, -0.05) is 49.4 Å². The van der Waals surface area contributed by atoms with E-state index in [9.17, 15) is 24.5 Å². The first-order chi connectivity index (χ1) is 15.8. The van der Waals surface area contributed by atoms with Gasteiger partial charge in [0.05, 0.1) is 24.4 Å². The van der Waals surface area contributed by atoms with E-state index in [2.05, 4.69) is 4.99 Å². The van der Waals surface area contributed by atoms with Crippen molar-refractivity contribution >= 4 is 35.1 Å². The Balaban J connectivity index is 1.87. The van der Waals surface area contributed by atoms with Crippen molar-refractivity contribution < 1.29 is 23.9 Å². The van der Waals surface area contributed by atoms with Crippen molar-refractivity contribution in [1.29, 1.82) is 0 Å². The molecule has 0 aromatic heterocycles. The van der Waals surface area contributed by atoms with Crippen LogP contribution in [0.5, 0.6) is 0 Å². The maximum atomic E-state index is 12.9. The van der Waals surface area contributed by atoms with Crippen LogP contribution in [0, 0.1) is 10.1 Å². The van der Waals surface area contributed by atoms with Crippen LogP contribution in [0.3, 0.4) is 0 Å². The van der Waals surface area contributed by atoms with E-state index >= 15 is 0 Å². The molecule has 10 heteroatoms. The van der Waals surface area contributed by atoms with Crippen molar-refractivity contribution in [2.24, 2.45) is 10.7 Å². The van der Waals surface area contributed by atoms with Crippen molar-refractivity contribution in [2.75, 3.05) is 13.1 Å². The van der Waals surface area contributed by atoms with Crippen LogP contribution < -0.4 is 5.73 Å². The first-order valence-electron chi connectivity index (χ1n) is 10.5. The van der Waals surface area contributed by atoms with Crippen LogP contribution in [0.15, 0.2) is 59.6 Å². The molecule has 1 aliphatic heterocycles. The van der Waals surface area contributed by atoms with Crippen molar-refractivity contribution in [2.45, 2.75) is 26.2 Å². The zero-order chi connectivity index (χ0) is 24.0. The summed E-state index contributed by atoms with van der Waals surface area (Å²) in [7, 11) is 0. The van der Waals surface area contributed by atoms with Gasteiger partial charge in [0, 0.05) is 18.6 Å². The summed E-state index contributed by atoms with van der Waals surface area (Å²) in [4.78, 5) is 53.6. The first-order valence-corrected chi connectivity index (χ1v) is 10.5. The summed E-state index contributed by atoms with van der Waals surface area (Å²) in [6.07, 6.45) is 0.859. The van der Waals surface area contributed by atoms with Crippen molar-refractivity contribution in [3.05, 3.63) is 75.8 Å². The van der Waals surface area contributed by atoms with E-state index in [4.69, 9.17) is 5.73 Å².